The Morgan fingerprint density at radius 1 is 0.533 bits per heavy atom. The largest absolute Gasteiger partial charge is 0.252 e. The van der Waals surface area contributed by atoms with Crippen molar-refractivity contribution in [1.82, 2.24) is 0 Å². The summed E-state index contributed by atoms with van der Waals surface area (Å²) < 4.78 is 0. The van der Waals surface area contributed by atoms with Crippen LogP contribution in [0.5, 0.6) is 0 Å². The summed E-state index contributed by atoms with van der Waals surface area (Å²) in [6.45, 7) is 4.52. The van der Waals surface area contributed by atoms with E-state index in [-0.39, 0.29) is 20.4 Å². The molecule has 0 aliphatic carbocycles. The van der Waals surface area contributed by atoms with Gasteiger partial charge in [0.05, 0.1) is 22.8 Å². The van der Waals surface area contributed by atoms with E-state index in [9.17, 15) is 0 Å². The molecule has 2 rings (SSSR count). The summed E-state index contributed by atoms with van der Waals surface area (Å²) in [6, 6.07) is 20.7. The molecule has 0 unspecified atom stereocenters. The first-order valence-electron chi connectivity index (χ1n) is 11.6. The van der Waals surface area contributed by atoms with E-state index < -0.39 is 0 Å². The molecule has 2 aromatic carbocycles. The van der Waals surface area contributed by atoms with Gasteiger partial charge in [0.1, 0.15) is 0 Å². The Kier molecular flexibility index (Phi) is 15.1. The number of aliphatic imine (C=N–C) groups is 2. The number of rotatable bonds is 14. The second-order valence-electron chi connectivity index (χ2n) is 7.76. The molecule has 0 amide bonds. The second kappa shape index (κ2) is 17.2. The third kappa shape index (κ3) is 11.0. The molecule has 0 heterocycles. The van der Waals surface area contributed by atoms with Crippen LogP contribution in [0.15, 0.2) is 70.6 Å². The van der Waals surface area contributed by atoms with E-state index in [2.05, 4.69) is 62.4 Å². The minimum atomic E-state index is 0. The minimum absolute atomic E-state index is 0. The van der Waals surface area contributed by atoms with E-state index in [1.165, 1.54) is 69.2 Å². The number of hydrogen-bond acceptors (Lipinski definition) is 2. The van der Waals surface area contributed by atoms with Crippen molar-refractivity contribution < 1.29 is 20.4 Å². The average molecular weight is 497 g/mol. The Morgan fingerprint density at radius 3 is 1.37 bits per heavy atom. The summed E-state index contributed by atoms with van der Waals surface area (Å²) in [5.41, 5.74) is 4.40. The number of hydrogen-bond donors (Lipinski definition) is 0. The Hall–Kier alpha value is -1.56. The van der Waals surface area contributed by atoms with Crippen LogP contribution in [0.4, 0.5) is 11.4 Å². The summed E-state index contributed by atoms with van der Waals surface area (Å²) in [6.07, 6.45) is 13.4. The van der Waals surface area contributed by atoms with Gasteiger partial charge in [0.2, 0.25) is 0 Å². The topological polar surface area (TPSA) is 24.7 Å². The fraction of sp³-hybridized carbons (Fsp3) is 0.481. The van der Waals surface area contributed by atoms with Gasteiger partial charge in [-0.3, -0.25) is 9.98 Å². The zero-order chi connectivity index (χ0) is 20.6. The van der Waals surface area contributed by atoms with Crippen LogP contribution in [0.2, 0.25) is 0 Å². The van der Waals surface area contributed by atoms with Crippen molar-refractivity contribution in [2.75, 3.05) is 0 Å². The quantitative estimate of drug-likeness (QED) is 0.142. The number of nitrogens with zero attached hydrogens (tertiary/aromatic N) is 2. The molecular formula is C27H38N2Pd. The first kappa shape index (κ1) is 26.5. The van der Waals surface area contributed by atoms with Gasteiger partial charge in [-0.25, -0.2) is 0 Å². The summed E-state index contributed by atoms with van der Waals surface area (Å²) in [7, 11) is 0. The third-order valence-corrected chi connectivity index (χ3v) is 5.16. The summed E-state index contributed by atoms with van der Waals surface area (Å²) in [5, 5.41) is 0. The Morgan fingerprint density at radius 2 is 0.900 bits per heavy atom. The minimum Gasteiger partial charge on any atom is -0.252 e. The van der Waals surface area contributed by atoms with Crippen molar-refractivity contribution >= 4 is 22.8 Å². The number of unbranched alkanes of at least 4 members (excludes halogenated alkanes) is 7. The van der Waals surface area contributed by atoms with Crippen molar-refractivity contribution in [1.29, 1.82) is 0 Å². The van der Waals surface area contributed by atoms with Crippen molar-refractivity contribution in [3.63, 3.8) is 0 Å². The molecule has 0 atom stereocenters. The van der Waals surface area contributed by atoms with E-state index in [1.807, 2.05) is 12.1 Å². The van der Waals surface area contributed by atoms with Crippen LogP contribution in [0.25, 0.3) is 0 Å². The van der Waals surface area contributed by atoms with Gasteiger partial charge >= 0.3 is 0 Å². The van der Waals surface area contributed by atoms with E-state index in [0.717, 1.165) is 24.2 Å². The molecule has 0 aliphatic rings. The van der Waals surface area contributed by atoms with Crippen molar-refractivity contribution in [3.05, 3.63) is 60.7 Å². The van der Waals surface area contributed by atoms with E-state index >= 15 is 0 Å². The summed E-state index contributed by atoms with van der Waals surface area (Å²) in [5.74, 6) is 0. The average Bonchev–Trinajstić information content (AvgIpc) is 2.76. The Bertz CT molecular complexity index is 723. The molecule has 0 saturated heterocycles. The van der Waals surface area contributed by atoms with Gasteiger partial charge in [0.25, 0.3) is 0 Å². The van der Waals surface area contributed by atoms with Gasteiger partial charge in [-0.1, -0.05) is 95.2 Å². The molecule has 0 aliphatic heterocycles. The van der Waals surface area contributed by atoms with Crippen molar-refractivity contribution in [3.8, 4) is 0 Å². The van der Waals surface area contributed by atoms with Crippen molar-refractivity contribution in [2.45, 2.75) is 84.5 Å². The molecular weight excluding hydrogens is 459 g/mol. The van der Waals surface area contributed by atoms with Crippen LogP contribution in [0, 0.1) is 0 Å². The van der Waals surface area contributed by atoms with Crippen LogP contribution in [0.3, 0.4) is 0 Å². The van der Waals surface area contributed by atoms with Crippen LogP contribution in [0.1, 0.15) is 84.5 Å². The normalized spacial score (nSPS) is 11.9. The zero-order valence-corrected chi connectivity index (χ0v) is 20.3. The van der Waals surface area contributed by atoms with Gasteiger partial charge in [0, 0.05) is 20.4 Å². The maximum Gasteiger partial charge on any atom is 0.0633 e. The number of benzene rings is 2. The standard InChI is InChI=1S/C27H38N2.Pd/c1-3-5-7-8-9-17-23-27(29-25-20-15-11-16-21-25)26(22-12-6-4-2)28-24-18-13-10-14-19-24;/h10-11,13-16,18-21H,3-9,12,17,22-23H2,1-2H3;. The molecule has 0 bridgehead atoms. The molecule has 0 fully saturated rings. The molecule has 0 radical (unpaired) electrons. The predicted octanol–water partition coefficient (Wildman–Crippen LogP) is 8.86. The third-order valence-electron chi connectivity index (χ3n) is 5.16. The molecule has 2 nitrogen and oxygen atoms in total. The smallest absolute Gasteiger partial charge is 0.0633 e. The van der Waals surface area contributed by atoms with Gasteiger partial charge in [0.15, 0.2) is 0 Å². The van der Waals surface area contributed by atoms with Crippen LogP contribution < -0.4 is 0 Å². The maximum atomic E-state index is 5.05. The summed E-state index contributed by atoms with van der Waals surface area (Å²) in [4.78, 5) is 10.1. The second-order valence-corrected chi connectivity index (χ2v) is 7.76. The molecule has 30 heavy (non-hydrogen) atoms. The van der Waals surface area contributed by atoms with Gasteiger partial charge in [-0.05, 0) is 49.9 Å². The van der Waals surface area contributed by atoms with E-state index in [0.29, 0.717) is 0 Å². The monoisotopic (exact) mass is 496 g/mol. The van der Waals surface area contributed by atoms with Crippen molar-refractivity contribution in [2.24, 2.45) is 9.98 Å². The molecule has 0 aromatic heterocycles. The molecule has 0 N–H and O–H groups in total. The van der Waals surface area contributed by atoms with Crippen LogP contribution >= 0.6 is 0 Å². The van der Waals surface area contributed by atoms with Gasteiger partial charge < -0.3 is 0 Å². The summed E-state index contributed by atoms with van der Waals surface area (Å²) >= 11 is 0. The molecule has 0 saturated carbocycles. The fourth-order valence-electron chi connectivity index (χ4n) is 3.46. The SMILES string of the molecule is CCCCCCCCC(=Nc1ccccc1)C(CCCCC)=Nc1ccccc1.[Pd]. The fourth-order valence-corrected chi connectivity index (χ4v) is 3.46. The van der Waals surface area contributed by atoms with Gasteiger partial charge in [-0.2, -0.15) is 0 Å². The molecule has 166 valence electrons. The Balaban J connectivity index is 0.00000450. The zero-order valence-electron chi connectivity index (χ0n) is 18.8. The van der Waals surface area contributed by atoms with Crippen LogP contribution in [-0.2, 0) is 20.4 Å². The van der Waals surface area contributed by atoms with Crippen LogP contribution in [-0.4, -0.2) is 11.4 Å². The first-order valence-corrected chi connectivity index (χ1v) is 11.6. The first-order chi connectivity index (χ1) is 14.3. The van der Waals surface area contributed by atoms with Gasteiger partial charge in [-0.15, -0.1) is 0 Å². The maximum absolute atomic E-state index is 5.05. The van der Waals surface area contributed by atoms with E-state index in [4.69, 9.17) is 9.98 Å². The molecule has 2 aromatic rings. The predicted molar refractivity (Wildman–Crippen MR) is 129 cm³/mol. The molecule has 0 spiro atoms. The molecule has 3 heteroatoms. The Labute approximate surface area is 198 Å². The van der Waals surface area contributed by atoms with E-state index in [1.54, 1.807) is 0 Å². The number of para-hydroxylation sites is 2.